The summed E-state index contributed by atoms with van der Waals surface area (Å²) in [5.41, 5.74) is 1.06. The fourth-order valence-corrected chi connectivity index (χ4v) is 2.70. The van der Waals surface area contributed by atoms with Gasteiger partial charge in [0.1, 0.15) is 5.15 Å². The third-order valence-electron chi connectivity index (χ3n) is 3.52. The van der Waals surface area contributed by atoms with Crippen LogP contribution in [0.4, 0.5) is 0 Å². The van der Waals surface area contributed by atoms with Gasteiger partial charge in [0.05, 0.1) is 5.69 Å². The summed E-state index contributed by atoms with van der Waals surface area (Å²) in [7, 11) is 0. The van der Waals surface area contributed by atoms with Gasteiger partial charge in [-0.15, -0.1) is 0 Å². The Morgan fingerprint density at radius 2 is 2.39 bits per heavy atom. The number of hydrogen-bond donors (Lipinski definition) is 1. The van der Waals surface area contributed by atoms with Crippen molar-refractivity contribution in [3.8, 4) is 0 Å². The fourth-order valence-electron chi connectivity index (χ4n) is 2.52. The van der Waals surface area contributed by atoms with E-state index in [2.05, 4.69) is 22.1 Å². The first-order chi connectivity index (χ1) is 8.78. The molecule has 2 rings (SSSR count). The first kappa shape index (κ1) is 13.8. The molecule has 1 aliphatic rings. The average molecular weight is 268 g/mol. The highest BCUT2D eigenvalue weighted by atomic mass is 35.5. The predicted octanol–water partition coefficient (Wildman–Crippen LogP) is 2.56. The molecule has 3 nitrogen and oxygen atoms in total. The molecule has 0 spiro atoms. The maximum atomic E-state index is 5.92. The van der Waals surface area contributed by atoms with Crippen LogP contribution in [0, 0.1) is 5.92 Å². The molecule has 0 amide bonds. The number of halogens is 1. The fraction of sp³-hybridized carbons (Fsp3) is 0.643. The van der Waals surface area contributed by atoms with Crippen LogP contribution in [0.3, 0.4) is 0 Å². The lowest BCUT2D eigenvalue weighted by atomic mass is 9.99. The van der Waals surface area contributed by atoms with Gasteiger partial charge in [-0.05, 0) is 50.5 Å². The molecule has 0 aliphatic carbocycles. The van der Waals surface area contributed by atoms with E-state index in [-0.39, 0.29) is 0 Å². The van der Waals surface area contributed by atoms with Crippen molar-refractivity contribution >= 4 is 11.6 Å². The molecule has 100 valence electrons. The van der Waals surface area contributed by atoms with E-state index in [0.29, 0.717) is 5.15 Å². The summed E-state index contributed by atoms with van der Waals surface area (Å²) >= 11 is 5.92. The van der Waals surface area contributed by atoms with E-state index < -0.39 is 0 Å². The van der Waals surface area contributed by atoms with Crippen LogP contribution in [0.2, 0.25) is 5.15 Å². The van der Waals surface area contributed by atoms with E-state index in [1.807, 2.05) is 18.2 Å². The minimum Gasteiger partial charge on any atom is -0.316 e. The van der Waals surface area contributed by atoms with Crippen LogP contribution in [-0.4, -0.2) is 36.1 Å². The van der Waals surface area contributed by atoms with Crippen LogP contribution in [0.5, 0.6) is 0 Å². The zero-order chi connectivity index (χ0) is 12.8. The molecule has 4 heteroatoms. The molecular formula is C14H22ClN3. The predicted molar refractivity (Wildman–Crippen MR) is 75.8 cm³/mol. The van der Waals surface area contributed by atoms with Crippen LogP contribution >= 0.6 is 11.6 Å². The molecule has 1 aliphatic heterocycles. The molecule has 1 aromatic heterocycles. The summed E-state index contributed by atoms with van der Waals surface area (Å²) < 4.78 is 0. The highest BCUT2D eigenvalue weighted by Gasteiger charge is 2.16. The van der Waals surface area contributed by atoms with Crippen molar-refractivity contribution in [3.63, 3.8) is 0 Å². The summed E-state index contributed by atoms with van der Waals surface area (Å²) in [5, 5.41) is 4.06. The quantitative estimate of drug-likeness (QED) is 0.831. The standard InChI is InChI=1S/C14H22ClN3/c1-2-18(10-12-5-4-8-16-9-12)11-13-6-3-7-14(15)17-13/h3,6-7,12,16H,2,4-5,8-11H2,1H3. The Kier molecular flexibility index (Phi) is 5.42. The largest absolute Gasteiger partial charge is 0.316 e. The Bertz CT molecular complexity index is 364. The smallest absolute Gasteiger partial charge is 0.129 e. The molecule has 0 bridgehead atoms. The van der Waals surface area contributed by atoms with Gasteiger partial charge in [-0.25, -0.2) is 4.98 Å². The average Bonchev–Trinajstić information content (AvgIpc) is 2.39. The van der Waals surface area contributed by atoms with E-state index in [9.17, 15) is 0 Å². The zero-order valence-corrected chi connectivity index (χ0v) is 11.8. The van der Waals surface area contributed by atoms with Crippen molar-refractivity contribution < 1.29 is 0 Å². The van der Waals surface area contributed by atoms with Crippen LogP contribution in [0.1, 0.15) is 25.5 Å². The Labute approximate surface area is 115 Å². The minimum atomic E-state index is 0.586. The lowest BCUT2D eigenvalue weighted by Crippen LogP contribution is -2.38. The molecule has 1 unspecified atom stereocenters. The van der Waals surface area contributed by atoms with Gasteiger partial charge in [-0.1, -0.05) is 24.6 Å². The summed E-state index contributed by atoms with van der Waals surface area (Å²) in [6.07, 6.45) is 2.64. The second kappa shape index (κ2) is 7.07. The van der Waals surface area contributed by atoms with Crippen LogP contribution in [0.25, 0.3) is 0 Å². The van der Waals surface area contributed by atoms with Crippen molar-refractivity contribution in [3.05, 3.63) is 29.0 Å². The molecule has 1 N–H and O–H groups in total. The molecule has 2 heterocycles. The number of hydrogen-bond acceptors (Lipinski definition) is 3. The summed E-state index contributed by atoms with van der Waals surface area (Å²) in [6.45, 7) is 7.65. The van der Waals surface area contributed by atoms with Gasteiger partial charge in [-0.2, -0.15) is 0 Å². The van der Waals surface area contributed by atoms with Crippen molar-refractivity contribution in [2.45, 2.75) is 26.3 Å². The van der Waals surface area contributed by atoms with Crippen LogP contribution < -0.4 is 5.32 Å². The van der Waals surface area contributed by atoms with E-state index >= 15 is 0 Å². The number of rotatable bonds is 5. The van der Waals surface area contributed by atoms with Crippen molar-refractivity contribution in [2.75, 3.05) is 26.2 Å². The summed E-state index contributed by atoms with van der Waals surface area (Å²) in [6, 6.07) is 5.85. The highest BCUT2D eigenvalue weighted by Crippen LogP contribution is 2.14. The minimum absolute atomic E-state index is 0.586. The lowest BCUT2D eigenvalue weighted by molar-refractivity contribution is 0.208. The maximum absolute atomic E-state index is 5.92. The molecule has 1 saturated heterocycles. The first-order valence-corrected chi connectivity index (χ1v) is 7.20. The summed E-state index contributed by atoms with van der Waals surface area (Å²) in [4.78, 5) is 6.82. The first-order valence-electron chi connectivity index (χ1n) is 6.82. The molecule has 0 radical (unpaired) electrons. The molecule has 0 aromatic carbocycles. The second-order valence-corrected chi connectivity index (χ2v) is 5.38. The Hall–Kier alpha value is -0.640. The lowest BCUT2D eigenvalue weighted by Gasteiger charge is -2.29. The third-order valence-corrected chi connectivity index (χ3v) is 3.73. The number of aromatic nitrogens is 1. The normalized spacial score (nSPS) is 20.3. The van der Waals surface area contributed by atoms with Gasteiger partial charge < -0.3 is 5.32 Å². The topological polar surface area (TPSA) is 28.2 Å². The van der Waals surface area contributed by atoms with Gasteiger partial charge in [0.2, 0.25) is 0 Å². The molecule has 1 fully saturated rings. The maximum Gasteiger partial charge on any atom is 0.129 e. The van der Waals surface area contributed by atoms with Gasteiger partial charge >= 0.3 is 0 Å². The number of piperidine rings is 1. The van der Waals surface area contributed by atoms with E-state index in [1.54, 1.807) is 0 Å². The van der Waals surface area contributed by atoms with Gasteiger partial charge in [-0.3, -0.25) is 4.90 Å². The molecule has 1 aromatic rings. The van der Waals surface area contributed by atoms with E-state index in [4.69, 9.17) is 11.6 Å². The Balaban J connectivity index is 1.88. The van der Waals surface area contributed by atoms with Crippen LogP contribution in [0.15, 0.2) is 18.2 Å². The van der Waals surface area contributed by atoms with Gasteiger partial charge in [0, 0.05) is 13.1 Å². The number of nitrogens with one attached hydrogen (secondary N) is 1. The van der Waals surface area contributed by atoms with E-state index in [0.717, 1.165) is 37.8 Å². The van der Waals surface area contributed by atoms with Gasteiger partial charge in [0.15, 0.2) is 0 Å². The van der Waals surface area contributed by atoms with E-state index in [1.165, 1.54) is 19.4 Å². The zero-order valence-electron chi connectivity index (χ0n) is 11.0. The second-order valence-electron chi connectivity index (χ2n) is 4.99. The molecule has 1 atom stereocenters. The number of pyridine rings is 1. The van der Waals surface area contributed by atoms with Crippen molar-refractivity contribution in [2.24, 2.45) is 5.92 Å². The summed E-state index contributed by atoms with van der Waals surface area (Å²) in [5.74, 6) is 0.776. The Morgan fingerprint density at radius 3 is 3.06 bits per heavy atom. The molecule has 18 heavy (non-hydrogen) atoms. The monoisotopic (exact) mass is 267 g/mol. The van der Waals surface area contributed by atoms with Crippen LogP contribution in [-0.2, 0) is 6.54 Å². The van der Waals surface area contributed by atoms with Crippen molar-refractivity contribution in [1.82, 2.24) is 15.2 Å². The van der Waals surface area contributed by atoms with Crippen molar-refractivity contribution in [1.29, 1.82) is 0 Å². The molecular weight excluding hydrogens is 246 g/mol. The third kappa shape index (κ3) is 4.23. The number of nitrogens with zero attached hydrogens (tertiary/aromatic N) is 2. The molecule has 0 saturated carbocycles. The SMILES string of the molecule is CCN(Cc1cccc(Cl)n1)CC1CCCNC1. The van der Waals surface area contributed by atoms with Gasteiger partial charge in [0.25, 0.3) is 0 Å². The highest BCUT2D eigenvalue weighted by molar-refractivity contribution is 6.29. The Morgan fingerprint density at radius 1 is 1.50 bits per heavy atom.